The summed E-state index contributed by atoms with van der Waals surface area (Å²) >= 11 is 0. The molecular weight excluding hydrogens is 610 g/mol. The molecule has 0 fully saturated rings. The lowest BCUT2D eigenvalue weighted by molar-refractivity contribution is -0.144. The fourth-order valence-electron chi connectivity index (χ4n) is 3.66. The first-order valence-electron chi connectivity index (χ1n) is 15.6. The van der Waals surface area contributed by atoms with Gasteiger partial charge in [0.1, 0.15) is 19.3 Å². The lowest BCUT2D eigenvalue weighted by atomic mass is 10.2. The predicted molar refractivity (Wildman–Crippen MR) is 173 cm³/mol. The quantitative estimate of drug-likeness (QED) is 0.0823. The van der Waals surface area contributed by atoms with Crippen molar-refractivity contribution in [2.45, 2.75) is 39.0 Å². The molecular formula is C34H47N3O10. The maximum atomic E-state index is 12.0. The molecule has 3 amide bonds. The Labute approximate surface area is 276 Å². The van der Waals surface area contributed by atoms with Crippen LogP contribution >= 0.6 is 0 Å². The van der Waals surface area contributed by atoms with Gasteiger partial charge in [0.15, 0.2) is 0 Å². The summed E-state index contributed by atoms with van der Waals surface area (Å²) in [6.45, 7) is 5.34. The van der Waals surface area contributed by atoms with E-state index >= 15 is 0 Å². The second kappa shape index (κ2) is 25.8. The monoisotopic (exact) mass is 657 g/mol. The van der Waals surface area contributed by atoms with E-state index in [2.05, 4.69) is 16.0 Å². The van der Waals surface area contributed by atoms with Crippen molar-refractivity contribution in [3.05, 3.63) is 83.9 Å². The molecule has 0 radical (unpaired) electrons. The maximum Gasteiger partial charge on any atom is 0.408 e. The minimum absolute atomic E-state index is 0.0496. The molecule has 13 nitrogen and oxygen atoms in total. The van der Waals surface area contributed by atoms with Gasteiger partial charge in [-0.3, -0.25) is 9.59 Å². The Kier molecular flexibility index (Phi) is 21.4. The zero-order valence-corrected chi connectivity index (χ0v) is 27.0. The van der Waals surface area contributed by atoms with Gasteiger partial charge in [0.2, 0.25) is 11.8 Å². The van der Waals surface area contributed by atoms with Crippen LogP contribution < -0.4 is 16.0 Å². The van der Waals surface area contributed by atoms with E-state index in [4.69, 9.17) is 28.4 Å². The fraction of sp³-hybridized carbons (Fsp3) is 0.471. The van der Waals surface area contributed by atoms with E-state index in [1.165, 1.54) is 6.92 Å². The summed E-state index contributed by atoms with van der Waals surface area (Å²) in [6, 6.07) is 18.0. The number of hydrogen-bond acceptors (Lipinski definition) is 10. The topological polar surface area (TPSA) is 160 Å². The molecule has 0 heterocycles. The van der Waals surface area contributed by atoms with Crippen LogP contribution in [-0.4, -0.2) is 95.9 Å². The molecule has 0 saturated heterocycles. The van der Waals surface area contributed by atoms with E-state index < -0.39 is 18.1 Å². The Hall–Kier alpha value is -4.30. The molecule has 2 aromatic rings. The highest BCUT2D eigenvalue weighted by Gasteiger charge is 2.17. The molecule has 2 aromatic carbocycles. The van der Waals surface area contributed by atoms with Gasteiger partial charge in [-0.25, -0.2) is 9.59 Å². The van der Waals surface area contributed by atoms with E-state index in [-0.39, 0.29) is 51.0 Å². The fourth-order valence-corrected chi connectivity index (χ4v) is 3.66. The Morgan fingerprint density at radius 2 is 1.19 bits per heavy atom. The first kappa shape index (κ1) is 38.9. The smallest absolute Gasteiger partial charge is 0.408 e. The van der Waals surface area contributed by atoms with Crippen molar-refractivity contribution in [2.24, 2.45) is 0 Å². The molecule has 0 aliphatic carbocycles. The average Bonchev–Trinajstić information content (AvgIpc) is 3.08. The minimum Gasteiger partial charge on any atom is -0.460 e. The van der Waals surface area contributed by atoms with Crippen molar-refractivity contribution in [3.63, 3.8) is 0 Å². The van der Waals surface area contributed by atoms with Gasteiger partial charge in [-0.05, 0) is 24.1 Å². The lowest BCUT2D eigenvalue weighted by Crippen LogP contribution is -2.39. The summed E-state index contributed by atoms with van der Waals surface area (Å²) in [4.78, 5) is 47.6. The number of amides is 3. The number of esters is 1. The maximum absolute atomic E-state index is 12.0. The number of carbonyl (C=O) groups is 4. The van der Waals surface area contributed by atoms with Crippen molar-refractivity contribution in [2.75, 3.05) is 66.0 Å². The number of ether oxygens (including phenoxy) is 6. The highest BCUT2D eigenvalue weighted by Crippen LogP contribution is 2.01. The van der Waals surface area contributed by atoms with Crippen LogP contribution in [0.3, 0.4) is 0 Å². The first-order valence-corrected chi connectivity index (χ1v) is 15.6. The summed E-state index contributed by atoms with van der Waals surface area (Å²) in [7, 11) is 0. The minimum atomic E-state index is -0.848. The van der Waals surface area contributed by atoms with Gasteiger partial charge in [-0.15, -0.1) is 0 Å². The van der Waals surface area contributed by atoms with Gasteiger partial charge in [0.05, 0.1) is 52.9 Å². The summed E-state index contributed by atoms with van der Waals surface area (Å²) in [6.07, 6.45) is 3.10. The van der Waals surface area contributed by atoms with E-state index in [0.29, 0.717) is 52.8 Å². The molecule has 0 saturated carbocycles. The number of hydrogen-bond donors (Lipinski definition) is 3. The molecule has 13 heteroatoms. The molecule has 0 aliphatic rings. The van der Waals surface area contributed by atoms with Crippen LogP contribution in [0, 0.1) is 0 Å². The SMILES string of the molecule is C[C@H](NC(=O)OCc1ccccc1)C(=O)OC/C=C/COCCOCCOCCOCCC(=O)NCCC(=O)NCc1ccccc1. The number of benzene rings is 2. The van der Waals surface area contributed by atoms with Gasteiger partial charge < -0.3 is 44.4 Å². The summed E-state index contributed by atoms with van der Waals surface area (Å²) in [5.41, 5.74) is 1.87. The van der Waals surface area contributed by atoms with Crippen molar-refractivity contribution in [1.29, 1.82) is 0 Å². The molecule has 0 bridgehead atoms. The lowest BCUT2D eigenvalue weighted by Gasteiger charge is -2.13. The van der Waals surface area contributed by atoms with Crippen molar-refractivity contribution in [1.82, 2.24) is 16.0 Å². The van der Waals surface area contributed by atoms with Gasteiger partial charge >= 0.3 is 12.1 Å². The first-order chi connectivity index (χ1) is 22.9. The molecule has 0 unspecified atom stereocenters. The standard InChI is InChI=1S/C34H47N3O10/c1-28(37-34(41)47-27-30-12-6-3-7-13-30)33(40)46-18-9-8-17-42-20-22-44-24-25-45-23-21-43-19-15-32(39)35-16-14-31(38)36-26-29-10-4-2-5-11-29/h2-13,28H,14-27H2,1H3,(H,35,39)(H,36,38)(H,37,41)/b9-8+/t28-/m0/s1. The van der Waals surface area contributed by atoms with Crippen LogP contribution in [0.4, 0.5) is 4.79 Å². The second-order valence-electron chi connectivity index (χ2n) is 10.1. The number of carbonyl (C=O) groups excluding carboxylic acids is 4. The molecule has 2 rings (SSSR count). The third-order valence-corrected chi connectivity index (χ3v) is 6.20. The van der Waals surface area contributed by atoms with Crippen molar-refractivity contribution in [3.8, 4) is 0 Å². The zero-order chi connectivity index (χ0) is 33.8. The van der Waals surface area contributed by atoms with E-state index in [0.717, 1.165) is 11.1 Å². The normalized spacial score (nSPS) is 11.5. The second-order valence-corrected chi connectivity index (χ2v) is 10.1. The highest BCUT2D eigenvalue weighted by atomic mass is 16.6. The number of alkyl carbamates (subject to hydrolysis) is 1. The van der Waals surface area contributed by atoms with E-state index in [1.807, 2.05) is 60.7 Å². The summed E-state index contributed by atoms with van der Waals surface area (Å²) in [5.74, 6) is -0.869. The van der Waals surface area contributed by atoms with Crippen LogP contribution in [0.15, 0.2) is 72.8 Å². The van der Waals surface area contributed by atoms with Crippen LogP contribution in [0.1, 0.15) is 30.9 Å². The molecule has 0 aliphatic heterocycles. The van der Waals surface area contributed by atoms with Gasteiger partial charge in [-0.2, -0.15) is 0 Å². The van der Waals surface area contributed by atoms with Gasteiger partial charge in [-0.1, -0.05) is 66.7 Å². The van der Waals surface area contributed by atoms with Gasteiger partial charge in [0.25, 0.3) is 0 Å². The molecule has 1 atom stereocenters. The van der Waals surface area contributed by atoms with Crippen LogP contribution in [-0.2, 0) is 56.0 Å². The highest BCUT2D eigenvalue weighted by molar-refractivity contribution is 5.81. The largest absolute Gasteiger partial charge is 0.460 e. The van der Waals surface area contributed by atoms with Crippen molar-refractivity contribution < 1.29 is 47.6 Å². The summed E-state index contributed by atoms with van der Waals surface area (Å²) < 4.78 is 31.9. The van der Waals surface area contributed by atoms with Crippen molar-refractivity contribution >= 4 is 23.9 Å². The van der Waals surface area contributed by atoms with E-state index in [9.17, 15) is 19.2 Å². The van der Waals surface area contributed by atoms with Gasteiger partial charge in [0, 0.05) is 25.9 Å². The molecule has 47 heavy (non-hydrogen) atoms. The number of rotatable bonds is 25. The molecule has 258 valence electrons. The Morgan fingerprint density at radius 3 is 1.85 bits per heavy atom. The zero-order valence-electron chi connectivity index (χ0n) is 27.0. The predicted octanol–water partition coefficient (Wildman–Crippen LogP) is 2.68. The Bertz CT molecular complexity index is 1180. The number of nitrogens with one attached hydrogen (secondary N) is 3. The van der Waals surface area contributed by atoms with Crippen LogP contribution in [0.5, 0.6) is 0 Å². The Morgan fingerprint density at radius 1 is 0.638 bits per heavy atom. The molecule has 0 aromatic heterocycles. The van der Waals surface area contributed by atoms with Crippen LogP contribution in [0.2, 0.25) is 0 Å². The third-order valence-electron chi connectivity index (χ3n) is 6.20. The molecule has 0 spiro atoms. The van der Waals surface area contributed by atoms with Crippen LogP contribution in [0.25, 0.3) is 0 Å². The summed E-state index contributed by atoms with van der Waals surface area (Å²) in [5, 5.41) is 7.96. The third kappa shape index (κ3) is 21.2. The Balaban J connectivity index is 1.30. The van der Waals surface area contributed by atoms with E-state index in [1.54, 1.807) is 12.2 Å². The molecule has 3 N–H and O–H groups in total. The average molecular weight is 658 g/mol.